The number of nitrogens with zero attached hydrogens (tertiary/aromatic N) is 1. The lowest BCUT2D eigenvalue weighted by Crippen LogP contribution is -2.14. The molecule has 1 aromatic heterocycles. The monoisotopic (exact) mass is 246 g/mol. The number of aromatic nitrogens is 2. The maximum atomic E-state index is 12.0. The van der Waals surface area contributed by atoms with Gasteiger partial charge in [-0.3, -0.25) is 9.89 Å². The molecule has 7 nitrogen and oxygen atoms in total. The number of nitrogen functional groups attached to an aromatic ring is 1. The second-order valence-corrected chi connectivity index (χ2v) is 3.72. The van der Waals surface area contributed by atoms with E-state index in [0.29, 0.717) is 28.6 Å². The Morgan fingerprint density at radius 1 is 1.39 bits per heavy atom. The molecule has 92 valence electrons. The Labute approximate surface area is 102 Å². The van der Waals surface area contributed by atoms with Crippen molar-refractivity contribution < 1.29 is 14.3 Å². The van der Waals surface area contributed by atoms with Gasteiger partial charge >= 0.3 is 0 Å². The zero-order valence-electron chi connectivity index (χ0n) is 9.27. The minimum atomic E-state index is -0.338. The number of carbonyl (C=O) groups excluding carboxylic acids is 1. The van der Waals surface area contributed by atoms with Crippen LogP contribution in [0, 0.1) is 0 Å². The number of nitrogens with two attached hydrogens (primary N) is 1. The Bertz CT molecular complexity index is 595. The molecule has 0 saturated heterocycles. The fourth-order valence-corrected chi connectivity index (χ4v) is 1.67. The molecule has 0 fully saturated rings. The van der Waals surface area contributed by atoms with Gasteiger partial charge in [0.15, 0.2) is 11.5 Å². The molecule has 0 bridgehead atoms. The van der Waals surface area contributed by atoms with Crippen molar-refractivity contribution in [3.05, 3.63) is 30.0 Å². The van der Waals surface area contributed by atoms with Crippen LogP contribution in [-0.4, -0.2) is 22.9 Å². The Hall–Kier alpha value is -2.70. The molecular formula is C11H10N4O3. The van der Waals surface area contributed by atoms with Gasteiger partial charge in [0.2, 0.25) is 6.79 Å². The highest BCUT2D eigenvalue weighted by atomic mass is 16.7. The van der Waals surface area contributed by atoms with Crippen molar-refractivity contribution in [3.63, 3.8) is 0 Å². The standard InChI is InChI=1S/C11H10N4O3/c12-7-4-9-8(17-5-18-9)3-6(7)11(16)14-10-1-2-13-15-10/h1-4H,5,12H2,(H2,13,14,15,16). The van der Waals surface area contributed by atoms with Crippen LogP contribution in [0.25, 0.3) is 0 Å². The molecule has 0 unspecified atom stereocenters. The average Bonchev–Trinajstić information content (AvgIpc) is 2.98. The first kappa shape index (κ1) is 10.5. The Kier molecular flexibility index (Phi) is 2.30. The highest BCUT2D eigenvalue weighted by Gasteiger charge is 2.19. The zero-order chi connectivity index (χ0) is 12.5. The molecular weight excluding hydrogens is 236 g/mol. The predicted molar refractivity (Wildman–Crippen MR) is 63.5 cm³/mol. The summed E-state index contributed by atoms with van der Waals surface area (Å²) in [6, 6.07) is 4.77. The summed E-state index contributed by atoms with van der Waals surface area (Å²) in [5.41, 5.74) is 6.46. The third-order valence-corrected chi connectivity index (χ3v) is 2.54. The van der Waals surface area contributed by atoms with E-state index in [1.54, 1.807) is 24.4 Å². The summed E-state index contributed by atoms with van der Waals surface area (Å²) in [4.78, 5) is 12.0. The first-order valence-electron chi connectivity index (χ1n) is 5.24. The van der Waals surface area contributed by atoms with Gasteiger partial charge in [0.05, 0.1) is 11.8 Å². The van der Waals surface area contributed by atoms with Crippen molar-refractivity contribution in [3.8, 4) is 11.5 Å². The van der Waals surface area contributed by atoms with Crippen LogP contribution >= 0.6 is 0 Å². The minimum absolute atomic E-state index is 0.139. The quantitative estimate of drug-likeness (QED) is 0.685. The average molecular weight is 246 g/mol. The topological polar surface area (TPSA) is 102 Å². The number of benzene rings is 1. The summed E-state index contributed by atoms with van der Waals surface area (Å²) >= 11 is 0. The van der Waals surface area contributed by atoms with Crippen LogP contribution in [0.4, 0.5) is 11.5 Å². The van der Waals surface area contributed by atoms with Gasteiger partial charge in [-0.25, -0.2) is 0 Å². The van der Waals surface area contributed by atoms with E-state index in [1.165, 1.54) is 0 Å². The third-order valence-electron chi connectivity index (χ3n) is 2.54. The summed E-state index contributed by atoms with van der Waals surface area (Å²) in [6.45, 7) is 0.139. The highest BCUT2D eigenvalue weighted by Crippen LogP contribution is 2.36. The SMILES string of the molecule is Nc1cc2c(cc1C(=O)Nc1ccn[nH]1)OCO2. The van der Waals surface area contributed by atoms with Crippen LogP contribution in [0.5, 0.6) is 11.5 Å². The van der Waals surface area contributed by atoms with Gasteiger partial charge in [-0.15, -0.1) is 0 Å². The van der Waals surface area contributed by atoms with Gasteiger partial charge in [0.1, 0.15) is 5.82 Å². The third kappa shape index (κ3) is 1.71. The lowest BCUT2D eigenvalue weighted by molar-refractivity contribution is 0.102. The van der Waals surface area contributed by atoms with E-state index in [1.807, 2.05) is 0 Å². The summed E-state index contributed by atoms with van der Waals surface area (Å²) < 4.78 is 10.4. The molecule has 1 aliphatic heterocycles. The van der Waals surface area contributed by atoms with E-state index in [0.717, 1.165) is 0 Å². The molecule has 7 heteroatoms. The molecule has 2 heterocycles. The highest BCUT2D eigenvalue weighted by molar-refractivity contribution is 6.07. The molecule has 1 aliphatic rings. The second-order valence-electron chi connectivity index (χ2n) is 3.72. The van der Waals surface area contributed by atoms with E-state index in [4.69, 9.17) is 15.2 Å². The van der Waals surface area contributed by atoms with Crippen LogP contribution in [0.2, 0.25) is 0 Å². The number of H-pyrrole nitrogens is 1. The lowest BCUT2D eigenvalue weighted by Gasteiger charge is -2.07. The van der Waals surface area contributed by atoms with Gasteiger partial charge in [-0.2, -0.15) is 5.10 Å². The van der Waals surface area contributed by atoms with E-state index >= 15 is 0 Å². The van der Waals surface area contributed by atoms with Crippen molar-refractivity contribution >= 4 is 17.4 Å². The number of nitrogens with one attached hydrogen (secondary N) is 2. The number of hydrogen-bond donors (Lipinski definition) is 3. The number of amides is 1. The van der Waals surface area contributed by atoms with Crippen molar-refractivity contribution in [2.75, 3.05) is 17.8 Å². The number of rotatable bonds is 2. The molecule has 2 aromatic rings. The summed E-state index contributed by atoms with van der Waals surface area (Å²) in [5.74, 6) is 1.22. The number of ether oxygens (including phenoxy) is 2. The minimum Gasteiger partial charge on any atom is -0.454 e. The molecule has 0 atom stereocenters. The smallest absolute Gasteiger partial charge is 0.259 e. The molecule has 18 heavy (non-hydrogen) atoms. The summed E-state index contributed by atoms with van der Waals surface area (Å²) in [6.07, 6.45) is 1.54. The summed E-state index contributed by atoms with van der Waals surface area (Å²) in [7, 11) is 0. The Morgan fingerprint density at radius 2 is 2.17 bits per heavy atom. The van der Waals surface area contributed by atoms with E-state index in [2.05, 4.69) is 15.5 Å². The number of hydrogen-bond acceptors (Lipinski definition) is 5. The van der Waals surface area contributed by atoms with Gasteiger partial charge in [0, 0.05) is 17.8 Å². The first-order valence-corrected chi connectivity index (χ1v) is 5.24. The Morgan fingerprint density at radius 3 is 2.89 bits per heavy atom. The molecule has 4 N–H and O–H groups in total. The largest absolute Gasteiger partial charge is 0.454 e. The molecule has 0 spiro atoms. The van der Waals surface area contributed by atoms with Crippen molar-refractivity contribution in [1.29, 1.82) is 0 Å². The van der Waals surface area contributed by atoms with Crippen molar-refractivity contribution in [2.45, 2.75) is 0 Å². The van der Waals surface area contributed by atoms with Gasteiger partial charge in [-0.1, -0.05) is 0 Å². The van der Waals surface area contributed by atoms with Crippen molar-refractivity contribution in [2.24, 2.45) is 0 Å². The van der Waals surface area contributed by atoms with Gasteiger partial charge in [-0.05, 0) is 6.07 Å². The number of fused-ring (bicyclic) bond motifs is 1. The fourth-order valence-electron chi connectivity index (χ4n) is 1.67. The van der Waals surface area contributed by atoms with E-state index in [9.17, 15) is 4.79 Å². The maximum Gasteiger partial charge on any atom is 0.259 e. The second kappa shape index (κ2) is 3.95. The molecule has 1 aromatic carbocycles. The van der Waals surface area contributed by atoms with Crippen LogP contribution in [-0.2, 0) is 0 Å². The van der Waals surface area contributed by atoms with E-state index in [-0.39, 0.29) is 12.7 Å². The molecule has 0 radical (unpaired) electrons. The van der Waals surface area contributed by atoms with Crippen LogP contribution in [0.1, 0.15) is 10.4 Å². The van der Waals surface area contributed by atoms with Gasteiger partial charge in [0.25, 0.3) is 5.91 Å². The molecule has 1 amide bonds. The fraction of sp³-hybridized carbons (Fsp3) is 0.0909. The number of carbonyl (C=O) groups is 1. The van der Waals surface area contributed by atoms with Crippen LogP contribution < -0.4 is 20.5 Å². The molecule has 0 saturated carbocycles. The van der Waals surface area contributed by atoms with Crippen LogP contribution in [0.3, 0.4) is 0 Å². The molecule has 3 rings (SSSR count). The van der Waals surface area contributed by atoms with Crippen molar-refractivity contribution in [1.82, 2.24) is 10.2 Å². The summed E-state index contributed by atoms with van der Waals surface area (Å²) in [5, 5.41) is 9.00. The number of anilines is 2. The zero-order valence-corrected chi connectivity index (χ0v) is 9.27. The maximum absolute atomic E-state index is 12.0. The predicted octanol–water partition coefficient (Wildman–Crippen LogP) is 0.973. The van der Waals surface area contributed by atoms with Crippen LogP contribution in [0.15, 0.2) is 24.4 Å². The van der Waals surface area contributed by atoms with Gasteiger partial charge < -0.3 is 20.5 Å². The number of aromatic amines is 1. The normalized spacial score (nSPS) is 12.4. The Balaban J connectivity index is 1.90. The lowest BCUT2D eigenvalue weighted by atomic mass is 10.1. The van der Waals surface area contributed by atoms with E-state index < -0.39 is 0 Å². The first-order chi connectivity index (χ1) is 8.74. The molecule has 0 aliphatic carbocycles.